The van der Waals surface area contributed by atoms with Gasteiger partial charge in [0.15, 0.2) is 5.13 Å². The van der Waals surface area contributed by atoms with E-state index in [1.165, 1.54) is 23.1 Å². The average molecular weight is 549 g/mol. The van der Waals surface area contributed by atoms with Gasteiger partial charge >= 0.3 is 0 Å². The molecule has 5 rings (SSSR count). The first-order chi connectivity index (χ1) is 19.1. The van der Waals surface area contributed by atoms with E-state index in [2.05, 4.69) is 16.4 Å². The monoisotopic (exact) mass is 548 g/mol. The number of nitrogens with one attached hydrogen (secondary N) is 1. The van der Waals surface area contributed by atoms with Crippen LogP contribution in [0.25, 0.3) is 33.6 Å². The fourth-order valence-electron chi connectivity index (χ4n) is 4.00. The van der Waals surface area contributed by atoms with Crippen LogP contribution in [-0.2, 0) is 4.79 Å². The number of ether oxygens (including phenoxy) is 1. The van der Waals surface area contributed by atoms with Crippen LogP contribution in [0.1, 0.15) is 12.0 Å². The maximum atomic E-state index is 12.7. The maximum absolute atomic E-state index is 12.7. The molecule has 0 bridgehead atoms. The Morgan fingerprint density at radius 1 is 0.923 bits per heavy atom. The van der Waals surface area contributed by atoms with Gasteiger partial charge in [-0.3, -0.25) is 4.79 Å². The van der Waals surface area contributed by atoms with Gasteiger partial charge in [-0.05, 0) is 23.8 Å². The van der Waals surface area contributed by atoms with Crippen LogP contribution in [0.5, 0.6) is 5.75 Å². The average Bonchev–Trinajstić information content (AvgIpc) is 3.46. The summed E-state index contributed by atoms with van der Waals surface area (Å²) >= 11 is 2.78. The van der Waals surface area contributed by atoms with Crippen molar-refractivity contribution in [2.75, 3.05) is 18.2 Å². The summed E-state index contributed by atoms with van der Waals surface area (Å²) in [6, 6.07) is 31.7. The van der Waals surface area contributed by atoms with Gasteiger partial charge in [-0.25, -0.2) is 9.97 Å². The number of anilines is 1. The number of hydrogen-bond acceptors (Lipinski definition) is 7. The first-order valence-electron chi connectivity index (χ1n) is 12.2. The molecule has 2 aromatic heterocycles. The van der Waals surface area contributed by atoms with Crippen molar-refractivity contribution in [1.82, 2.24) is 9.97 Å². The number of carbonyl (C=O) groups excluding carboxylic acids is 1. The molecule has 0 radical (unpaired) electrons. The van der Waals surface area contributed by atoms with E-state index >= 15 is 0 Å². The number of nitriles is 1. The summed E-state index contributed by atoms with van der Waals surface area (Å²) in [5.41, 5.74) is 5.73. The van der Waals surface area contributed by atoms with E-state index in [0.29, 0.717) is 21.5 Å². The van der Waals surface area contributed by atoms with Crippen LogP contribution >= 0.6 is 23.1 Å². The number of thioether (sulfide) groups is 1. The number of amides is 1. The molecule has 6 nitrogen and oxygen atoms in total. The second-order valence-corrected chi connectivity index (χ2v) is 10.4. The minimum Gasteiger partial charge on any atom is -0.497 e. The number of methoxy groups -OCH3 is 1. The van der Waals surface area contributed by atoms with Gasteiger partial charge in [-0.15, -0.1) is 23.1 Å². The highest BCUT2D eigenvalue weighted by atomic mass is 32.2. The number of hydrogen-bond donors (Lipinski definition) is 1. The van der Waals surface area contributed by atoms with Crippen molar-refractivity contribution in [3.8, 4) is 45.5 Å². The van der Waals surface area contributed by atoms with Gasteiger partial charge in [-0.1, -0.05) is 72.8 Å². The van der Waals surface area contributed by atoms with Crippen molar-refractivity contribution in [3.63, 3.8) is 0 Å². The zero-order valence-electron chi connectivity index (χ0n) is 21.1. The number of pyridine rings is 1. The molecular weight excluding hydrogens is 525 g/mol. The van der Waals surface area contributed by atoms with Crippen LogP contribution in [0.15, 0.2) is 101 Å². The van der Waals surface area contributed by atoms with Gasteiger partial charge in [0, 0.05) is 34.2 Å². The maximum Gasteiger partial charge on any atom is 0.226 e. The Bertz CT molecular complexity index is 1630. The smallest absolute Gasteiger partial charge is 0.226 e. The first-order valence-corrected chi connectivity index (χ1v) is 14.1. The minimum atomic E-state index is -0.143. The van der Waals surface area contributed by atoms with Gasteiger partial charge in [-0.2, -0.15) is 5.26 Å². The number of nitrogens with zero attached hydrogens (tertiary/aromatic N) is 3. The third-order valence-corrected chi connectivity index (χ3v) is 7.67. The third-order valence-electron chi connectivity index (χ3n) is 5.94. The Balaban J connectivity index is 1.30. The summed E-state index contributed by atoms with van der Waals surface area (Å²) < 4.78 is 5.29. The Hall–Kier alpha value is -4.45. The SMILES string of the molecule is COc1cccc(-c2csc(NC(=O)CCSc3nc(-c4ccccc4)cc(-c4ccccc4)c3C#N)n2)c1. The number of thiazole rings is 1. The molecule has 0 aliphatic rings. The molecule has 0 unspecified atom stereocenters. The third kappa shape index (κ3) is 6.34. The molecule has 0 saturated heterocycles. The topological polar surface area (TPSA) is 87.9 Å². The fraction of sp³-hybridized carbons (Fsp3) is 0.0968. The van der Waals surface area contributed by atoms with E-state index in [1.807, 2.05) is 96.4 Å². The lowest BCUT2D eigenvalue weighted by Gasteiger charge is -2.12. The number of aromatic nitrogens is 2. The molecule has 8 heteroatoms. The van der Waals surface area contributed by atoms with E-state index in [0.717, 1.165) is 39.4 Å². The van der Waals surface area contributed by atoms with Gasteiger partial charge in [0.2, 0.25) is 5.91 Å². The van der Waals surface area contributed by atoms with E-state index in [-0.39, 0.29) is 12.3 Å². The molecule has 0 aliphatic heterocycles. The molecular formula is C31H24N4O2S2. The second-order valence-electron chi connectivity index (χ2n) is 8.50. The van der Waals surface area contributed by atoms with Crippen molar-refractivity contribution in [3.05, 3.63) is 102 Å². The molecule has 0 atom stereocenters. The Morgan fingerprint density at radius 2 is 1.64 bits per heavy atom. The summed E-state index contributed by atoms with van der Waals surface area (Å²) in [4.78, 5) is 22.1. The van der Waals surface area contributed by atoms with Crippen LogP contribution < -0.4 is 10.1 Å². The summed E-state index contributed by atoms with van der Waals surface area (Å²) in [5.74, 6) is 1.07. The van der Waals surface area contributed by atoms with Crippen LogP contribution in [0.2, 0.25) is 0 Å². The van der Waals surface area contributed by atoms with Gasteiger partial charge in [0.1, 0.15) is 16.8 Å². The highest BCUT2D eigenvalue weighted by Gasteiger charge is 2.17. The quantitative estimate of drug-likeness (QED) is 0.191. The molecule has 0 spiro atoms. The molecule has 0 saturated carbocycles. The predicted octanol–water partition coefficient (Wildman–Crippen LogP) is 7.54. The number of benzene rings is 3. The normalized spacial score (nSPS) is 10.6. The largest absolute Gasteiger partial charge is 0.497 e. The second kappa shape index (κ2) is 12.4. The van der Waals surface area contributed by atoms with Crippen molar-refractivity contribution < 1.29 is 9.53 Å². The fourth-order valence-corrected chi connectivity index (χ4v) is 5.68. The standard InChI is InChI=1S/C31H24N4O2S2/c1-37-24-14-8-13-23(17-24)28-20-39-31(34-28)35-29(36)15-16-38-30-26(19-32)25(21-9-4-2-5-10-21)18-27(33-30)22-11-6-3-7-12-22/h2-14,17-18,20H,15-16H2,1H3,(H,34,35,36). The molecule has 39 heavy (non-hydrogen) atoms. The lowest BCUT2D eigenvalue weighted by molar-refractivity contribution is -0.115. The van der Waals surface area contributed by atoms with Gasteiger partial charge in [0.05, 0.1) is 24.1 Å². The van der Waals surface area contributed by atoms with E-state index in [9.17, 15) is 10.1 Å². The number of carbonyl (C=O) groups is 1. The van der Waals surface area contributed by atoms with Crippen LogP contribution in [0, 0.1) is 11.3 Å². The van der Waals surface area contributed by atoms with Crippen molar-refractivity contribution in [2.24, 2.45) is 0 Å². The van der Waals surface area contributed by atoms with E-state index in [4.69, 9.17) is 9.72 Å². The summed E-state index contributed by atoms with van der Waals surface area (Å²) in [7, 11) is 1.62. The Kier molecular flexibility index (Phi) is 8.32. The Labute approximate surface area is 235 Å². The van der Waals surface area contributed by atoms with Gasteiger partial charge < -0.3 is 10.1 Å². The molecule has 0 fully saturated rings. The minimum absolute atomic E-state index is 0.143. The lowest BCUT2D eigenvalue weighted by atomic mass is 9.99. The molecule has 0 aliphatic carbocycles. The summed E-state index contributed by atoms with van der Waals surface area (Å²) in [5, 5.41) is 16.0. The molecule has 192 valence electrons. The molecule has 5 aromatic rings. The first kappa shape index (κ1) is 26.2. The molecule has 2 heterocycles. The summed E-state index contributed by atoms with van der Waals surface area (Å²) in [6.45, 7) is 0. The van der Waals surface area contributed by atoms with Crippen molar-refractivity contribution in [2.45, 2.75) is 11.4 Å². The van der Waals surface area contributed by atoms with Crippen LogP contribution in [0.4, 0.5) is 5.13 Å². The van der Waals surface area contributed by atoms with Crippen LogP contribution in [0.3, 0.4) is 0 Å². The molecule has 3 aromatic carbocycles. The van der Waals surface area contributed by atoms with E-state index in [1.54, 1.807) is 7.11 Å². The summed E-state index contributed by atoms with van der Waals surface area (Å²) in [6.07, 6.45) is 0.252. The molecule has 1 amide bonds. The lowest BCUT2D eigenvalue weighted by Crippen LogP contribution is -2.12. The Morgan fingerprint density at radius 3 is 2.36 bits per heavy atom. The molecule has 1 N–H and O–H groups in total. The van der Waals surface area contributed by atoms with Gasteiger partial charge in [0.25, 0.3) is 0 Å². The predicted molar refractivity (Wildman–Crippen MR) is 158 cm³/mol. The number of rotatable bonds is 9. The highest BCUT2D eigenvalue weighted by molar-refractivity contribution is 7.99. The zero-order valence-corrected chi connectivity index (χ0v) is 22.8. The van der Waals surface area contributed by atoms with Crippen LogP contribution in [-0.4, -0.2) is 28.7 Å². The van der Waals surface area contributed by atoms with Crippen molar-refractivity contribution >= 4 is 34.1 Å². The highest BCUT2D eigenvalue weighted by Crippen LogP contribution is 2.34. The van der Waals surface area contributed by atoms with E-state index < -0.39 is 0 Å². The van der Waals surface area contributed by atoms with Crippen molar-refractivity contribution in [1.29, 1.82) is 5.26 Å². The zero-order chi connectivity index (χ0) is 27.0.